The molecule has 1 aromatic rings. The van der Waals surface area contributed by atoms with Crippen molar-refractivity contribution < 1.29 is 5.11 Å². The Labute approximate surface area is 113 Å². The van der Waals surface area contributed by atoms with E-state index in [2.05, 4.69) is 34.7 Å². The summed E-state index contributed by atoms with van der Waals surface area (Å²) in [7, 11) is 0. The molecular formula is C14H22BrNO. The summed E-state index contributed by atoms with van der Waals surface area (Å²) in [5.41, 5.74) is 0.989. The largest absolute Gasteiger partial charge is 0.387 e. The average molecular weight is 300 g/mol. The summed E-state index contributed by atoms with van der Waals surface area (Å²) < 4.78 is 1.05. The van der Waals surface area contributed by atoms with Crippen LogP contribution in [0.4, 0.5) is 0 Å². The standard InChI is InChI=1S/C14H22BrNO/c1-3-5-10-16(4-2)11-14(17)12-6-8-13(15)9-7-12/h6-9,14,17H,3-5,10-11H2,1-2H3. The van der Waals surface area contributed by atoms with Crippen LogP contribution >= 0.6 is 15.9 Å². The fourth-order valence-electron chi connectivity index (χ4n) is 1.80. The normalized spacial score (nSPS) is 13.0. The number of benzene rings is 1. The molecule has 17 heavy (non-hydrogen) atoms. The van der Waals surface area contributed by atoms with Crippen LogP contribution in [0.5, 0.6) is 0 Å². The molecule has 1 rings (SSSR count). The van der Waals surface area contributed by atoms with Crippen molar-refractivity contribution >= 4 is 15.9 Å². The first-order valence-corrected chi connectivity index (χ1v) is 7.12. The van der Waals surface area contributed by atoms with Crippen LogP contribution in [0.3, 0.4) is 0 Å². The van der Waals surface area contributed by atoms with Gasteiger partial charge in [-0.2, -0.15) is 0 Å². The Morgan fingerprint density at radius 2 is 1.88 bits per heavy atom. The Balaban J connectivity index is 2.51. The molecule has 0 radical (unpaired) electrons. The minimum Gasteiger partial charge on any atom is -0.387 e. The van der Waals surface area contributed by atoms with E-state index in [-0.39, 0.29) is 6.10 Å². The number of halogens is 1. The van der Waals surface area contributed by atoms with Crippen LogP contribution in [0.2, 0.25) is 0 Å². The van der Waals surface area contributed by atoms with E-state index in [1.165, 1.54) is 12.8 Å². The lowest BCUT2D eigenvalue weighted by Gasteiger charge is -2.23. The van der Waals surface area contributed by atoms with E-state index >= 15 is 0 Å². The van der Waals surface area contributed by atoms with Gasteiger partial charge in [0.05, 0.1) is 6.10 Å². The molecule has 0 amide bonds. The van der Waals surface area contributed by atoms with Gasteiger partial charge in [0.25, 0.3) is 0 Å². The van der Waals surface area contributed by atoms with Gasteiger partial charge in [-0.15, -0.1) is 0 Å². The highest BCUT2D eigenvalue weighted by atomic mass is 79.9. The first kappa shape index (κ1) is 14.7. The van der Waals surface area contributed by atoms with E-state index in [0.717, 1.165) is 29.7 Å². The summed E-state index contributed by atoms with van der Waals surface area (Å²) in [6.07, 6.45) is 2.01. The van der Waals surface area contributed by atoms with Crippen molar-refractivity contribution in [2.45, 2.75) is 32.8 Å². The summed E-state index contributed by atoms with van der Waals surface area (Å²) in [5.74, 6) is 0. The van der Waals surface area contributed by atoms with Gasteiger partial charge in [-0.3, -0.25) is 0 Å². The van der Waals surface area contributed by atoms with E-state index in [1.54, 1.807) is 0 Å². The number of nitrogens with zero attached hydrogens (tertiary/aromatic N) is 1. The average Bonchev–Trinajstić information content (AvgIpc) is 2.35. The second-order valence-electron chi connectivity index (χ2n) is 4.31. The molecule has 0 bridgehead atoms. The molecular weight excluding hydrogens is 278 g/mol. The first-order chi connectivity index (χ1) is 8.17. The van der Waals surface area contributed by atoms with Gasteiger partial charge in [-0.1, -0.05) is 48.3 Å². The van der Waals surface area contributed by atoms with Crippen molar-refractivity contribution in [3.8, 4) is 0 Å². The summed E-state index contributed by atoms with van der Waals surface area (Å²) in [5, 5.41) is 10.2. The van der Waals surface area contributed by atoms with Gasteiger partial charge in [-0.05, 0) is 37.2 Å². The molecule has 0 fully saturated rings. The molecule has 0 heterocycles. The van der Waals surface area contributed by atoms with Crippen molar-refractivity contribution in [1.29, 1.82) is 0 Å². The molecule has 0 aliphatic carbocycles. The van der Waals surface area contributed by atoms with Crippen molar-refractivity contribution in [2.75, 3.05) is 19.6 Å². The van der Waals surface area contributed by atoms with Gasteiger partial charge < -0.3 is 10.0 Å². The maximum absolute atomic E-state index is 10.2. The van der Waals surface area contributed by atoms with Crippen LogP contribution in [-0.2, 0) is 0 Å². The quantitative estimate of drug-likeness (QED) is 0.831. The van der Waals surface area contributed by atoms with Crippen molar-refractivity contribution in [3.05, 3.63) is 34.3 Å². The molecule has 0 spiro atoms. The van der Waals surface area contributed by atoms with Gasteiger partial charge in [0.2, 0.25) is 0 Å². The number of aliphatic hydroxyl groups excluding tert-OH is 1. The highest BCUT2D eigenvalue weighted by Crippen LogP contribution is 2.17. The number of aliphatic hydroxyl groups is 1. The molecule has 1 atom stereocenters. The maximum Gasteiger partial charge on any atom is 0.0916 e. The summed E-state index contributed by atoms with van der Waals surface area (Å²) >= 11 is 3.40. The summed E-state index contributed by atoms with van der Waals surface area (Å²) in [4.78, 5) is 2.30. The number of unbranched alkanes of at least 4 members (excludes halogenated alkanes) is 1. The highest BCUT2D eigenvalue weighted by molar-refractivity contribution is 9.10. The van der Waals surface area contributed by atoms with E-state index in [0.29, 0.717) is 0 Å². The Bertz CT molecular complexity index is 313. The second-order valence-corrected chi connectivity index (χ2v) is 5.23. The Morgan fingerprint density at radius 1 is 1.24 bits per heavy atom. The van der Waals surface area contributed by atoms with E-state index in [1.807, 2.05) is 24.3 Å². The monoisotopic (exact) mass is 299 g/mol. The number of likely N-dealkylation sites (N-methyl/N-ethyl adjacent to an activating group) is 1. The summed E-state index contributed by atoms with van der Waals surface area (Å²) in [6.45, 7) is 7.12. The fraction of sp³-hybridized carbons (Fsp3) is 0.571. The SMILES string of the molecule is CCCCN(CC)CC(O)c1ccc(Br)cc1. The van der Waals surface area contributed by atoms with E-state index in [9.17, 15) is 5.11 Å². The topological polar surface area (TPSA) is 23.5 Å². The van der Waals surface area contributed by atoms with Crippen molar-refractivity contribution in [3.63, 3.8) is 0 Å². The molecule has 2 nitrogen and oxygen atoms in total. The van der Waals surface area contributed by atoms with Gasteiger partial charge in [-0.25, -0.2) is 0 Å². The number of rotatable bonds is 7. The minimum atomic E-state index is -0.389. The van der Waals surface area contributed by atoms with Crippen LogP contribution in [0, 0.1) is 0 Å². The van der Waals surface area contributed by atoms with Crippen molar-refractivity contribution in [1.82, 2.24) is 4.90 Å². The lowest BCUT2D eigenvalue weighted by atomic mass is 10.1. The number of hydrogen-bond acceptors (Lipinski definition) is 2. The molecule has 0 aliphatic heterocycles. The molecule has 1 N–H and O–H groups in total. The molecule has 3 heteroatoms. The minimum absolute atomic E-state index is 0.389. The Kier molecular flexibility index (Phi) is 6.78. The summed E-state index contributed by atoms with van der Waals surface area (Å²) in [6, 6.07) is 7.90. The van der Waals surface area contributed by atoms with Crippen LogP contribution in [0.1, 0.15) is 38.4 Å². The Morgan fingerprint density at radius 3 is 2.41 bits per heavy atom. The molecule has 1 unspecified atom stereocenters. The van der Waals surface area contributed by atoms with Crippen LogP contribution in [-0.4, -0.2) is 29.6 Å². The highest BCUT2D eigenvalue weighted by Gasteiger charge is 2.11. The molecule has 0 aromatic heterocycles. The number of hydrogen-bond donors (Lipinski definition) is 1. The molecule has 1 aromatic carbocycles. The third-order valence-corrected chi connectivity index (χ3v) is 3.49. The van der Waals surface area contributed by atoms with Gasteiger partial charge in [0.1, 0.15) is 0 Å². The predicted octanol–water partition coefficient (Wildman–Crippen LogP) is 3.60. The maximum atomic E-state index is 10.2. The lowest BCUT2D eigenvalue weighted by molar-refractivity contribution is 0.115. The molecule has 0 saturated heterocycles. The van der Waals surface area contributed by atoms with Crippen LogP contribution in [0.15, 0.2) is 28.7 Å². The van der Waals surface area contributed by atoms with Crippen LogP contribution < -0.4 is 0 Å². The fourth-order valence-corrected chi connectivity index (χ4v) is 2.06. The third-order valence-electron chi connectivity index (χ3n) is 2.96. The first-order valence-electron chi connectivity index (χ1n) is 6.33. The van der Waals surface area contributed by atoms with Gasteiger partial charge in [0.15, 0.2) is 0 Å². The lowest BCUT2D eigenvalue weighted by Crippen LogP contribution is -2.29. The van der Waals surface area contributed by atoms with E-state index < -0.39 is 0 Å². The van der Waals surface area contributed by atoms with Gasteiger partial charge >= 0.3 is 0 Å². The van der Waals surface area contributed by atoms with E-state index in [4.69, 9.17) is 0 Å². The molecule has 96 valence electrons. The third kappa shape index (κ3) is 5.19. The van der Waals surface area contributed by atoms with Crippen molar-refractivity contribution in [2.24, 2.45) is 0 Å². The molecule has 0 saturated carbocycles. The zero-order valence-electron chi connectivity index (χ0n) is 10.7. The zero-order valence-corrected chi connectivity index (χ0v) is 12.3. The smallest absolute Gasteiger partial charge is 0.0916 e. The van der Waals surface area contributed by atoms with Crippen LogP contribution in [0.25, 0.3) is 0 Å². The zero-order chi connectivity index (χ0) is 12.7. The Hall–Kier alpha value is -0.380. The van der Waals surface area contributed by atoms with Gasteiger partial charge in [0, 0.05) is 11.0 Å². The predicted molar refractivity (Wildman–Crippen MR) is 76.1 cm³/mol. The molecule has 0 aliphatic rings. The second kappa shape index (κ2) is 7.85.